The number of benzene rings is 3. The van der Waals surface area contributed by atoms with Gasteiger partial charge in [0.25, 0.3) is 10.0 Å². The lowest BCUT2D eigenvalue weighted by Crippen LogP contribution is -2.45. The third-order valence-electron chi connectivity index (χ3n) is 5.55. The zero-order chi connectivity index (χ0) is 22.4. The van der Waals surface area contributed by atoms with Gasteiger partial charge in [-0.2, -0.15) is 0 Å². The van der Waals surface area contributed by atoms with Crippen molar-refractivity contribution < 1.29 is 13.2 Å². The van der Waals surface area contributed by atoms with E-state index in [1.165, 1.54) is 11.3 Å². The molecule has 1 fully saturated rings. The Hall–Kier alpha value is -3.03. The van der Waals surface area contributed by atoms with E-state index in [-0.39, 0.29) is 4.90 Å². The van der Waals surface area contributed by atoms with Crippen LogP contribution in [0.1, 0.15) is 12.5 Å². The van der Waals surface area contributed by atoms with Crippen molar-refractivity contribution in [3.8, 4) is 5.75 Å². The highest BCUT2D eigenvalue weighted by Gasteiger charge is 2.18. The smallest absolute Gasteiger partial charge is 0.261 e. The van der Waals surface area contributed by atoms with Gasteiger partial charge in [-0.05, 0) is 61.0 Å². The molecule has 0 aliphatic carbocycles. The van der Waals surface area contributed by atoms with Crippen molar-refractivity contribution in [1.29, 1.82) is 0 Å². The maximum Gasteiger partial charge on any atom is 0.261 e. The molecule has 0 spiro atoms. The molecule has 3 aromatic carbocycles. The van der Waals surface area contributed by atoms with Crippen molar-refractivity contribution in [3.63, 3.8) is 0 Å². The van der Waals surface area contributed by atoms with Crippen LogP contribution < -0.4 is 14.4 Å². The number of hydrogen-bond donors (Lipinski definition) is 1. The molecule has 1 N–H and O–H groups in total. The first kappa shape index (κ1) is 22.2. The summed E-state index contributed by atoms with van der Waals surface area (Å²) in [6, 6.07) is 24.6. The SMILES string of the molecule is CCOc1ccc(S(=O)(=O)Nc2ccc(CN3CCN(c4ccccc4)CC3)cc2)cc1. The lowest BCUT2D eigenvalue weighted by molar-refractivity contribution is 0.250. The minimum Gasteiger partial charge on any atom is -0.494 e. The number of nitrogens with one attached hydrogen (secondary N) is 1. The van der Waals surface area contributed by atoms with Crippen LogP contribution in [0.3, 0.4) is 0 Å². The van der Waals surface area contributed by atoms with Crippen LogP contribution in [-0.4, -0.2) is 46.1 Å². The molecule has 1 aliphatic rings. The summed E-state index contributed by atoms with van der Waals surface area (Å²) in [5.74, 6) is 0.653. The summed E-state index contributed by atoms with van der Waals surface area (Å²) in [5, 5.41) is 0. The molecule has 0 atom stereocenters. The summed E-state index contributed by atoms with van der Waals surface area (Å²) in [7, 11) is -3.64. The van der Waals surface area contributed by atoms with E-state index in [1.54, 1.807) is 24.3 Å². The maximum atomic E-state index is 12.7. The van der Waals surface area contributed by atoms with E-state index in [0.29, 0.717) is 18.0 Å². The van der Waals surface area contributed by atoms with Gasteiger partial charge in [-0.25, -0.2) is 8.42 Å². The zero-order valence-electron chi connectivity index (χ0n) is 18.3. The van der Waals surface area contributed by atoms with Crippen LogP contribution in [-0.2, 0) is 16.6 Å². The molecule has 0 unspecified atom stereocenters. The van der Waals surface area contributed by atoms with E-state index in [0.717, 1.165) is 32.7 Å². The number of anilines is 2. The van der Waals surface area contributed by atoms with E-state index in [9.17, 15) is 8.42 Å². The summed E-state index contributed by atoms with van der Waals surface area (Å²) < 4.78 is 33.3. The Bertz CT molecular complexity index is 1090. The van der Waals surface area contributed by atoms with Crippen molar-refractivity contribution in [1.82, 2.24) is 4.90 Å². The average molecular weight is 452 g/mol. The highest BCUT2D eigenvalue weighted by Crippen LogP contribution is 2.21. The van der Waals surface area contributed by atoms with Gasteiger partial charge >= 0.3 is 0 Å². The molecule has 7 heteroatoms. The first-order valence-electron chi connectivity index (χ1n) is 10.9. The van der Waals surface area contributed by atoms with Gasteiger partial charge in [0.1, 0.15) is 5.75 Å². The molecule has 0 bridgehead atoms. The third kappa shape index (κ3) is 5.60. The van der Waals surface area contributed by atoms with Gasteiger partial charge in [-0.3, -0.25) is 9.62 Å². The summed E-state index contributed by atoms with van der Waals surface area (Å²) >= 11 is 0. The topological polar surface area (TPSA) is 61.9 Å². The number of para-hydroxylation sites is 1. The highest BCUT2D eigenvalue weighted by atomic mass is 32.2. The van der Waals surface area contributed by atoms with Gasteiger partial charge in [-0.15, -0.1) is 0 Å². The zero-order valence-corrected chi connectivity index (χ0v) is 19.1. The molecule has 0 saturated carbocycles. The largest absolute Gasteiger partial charge is 0.494 e. The van der Waals surface area contributed by atoms with Crippen molar-refractivity contribution >= 4 is 21.4 Å². The van der Waals surface area contributed by atoms with Crippen LogP contribution in [0.25, 0.3) is 0 Å². The molecular formula is C25H29N3O3S. The second kappa shape index (κ2) is 10.1. The molecule has 32 heavy (non-hydrogen) atoms. The van der Waals surface area contributed by atoms with E-state index in [4.69, 9.17) is 4.74 Å². The van der Waals surface area contributed by atoms with Crippen LogP contribution in [0.5, 0.6) is 5.75 Å². The normalized spacial score (nSPS) is 14.8. The van der Waals surface area contributed by atoms with Gasteiger partial charge in [0.2, 0.25) is 0 Å². The molecule has 3 aromatic rings. The Balaban J connectivity index is 1.31. The standard InChI is InChI=1S/C25H29N3O3S/c1-2-31-24-12-14-25(15-13-24)32(29,30)26-22-10-8-21(9-11-22)20-27-16-18-28(19-17-27)23-6-4-3-5-7-23/h3-15,26H,2,16-20H2,1H3. The Morgan fingerprint density at radius 1 is 0.844 bits per heavy atom. The maximum absolute atomic E-state index is 12.7. The number of sulfonamides is 1. The minimum absolute atomic E-state index is 0.210. The molecule has 168 valence electrons. The Labute approximate surface area is 190 Å². The van der Waals surface area contributed by atoms with Crippen LogP contribution in [0, 0.1) is 0 Å². The van der Waals surface area contributed by atoms with Gasteiger partial charge < -0.3 is 9.64 Å². The summed E-state index contributed by atoms with van der Waals surface area (Å²) in [4.78, 5) is 5.05. The number of nitrogens with zero attached hydrogens (tertiary/aromatic N) is 2. The van der Waals surface area contributed by atoms with Crippen molar-refractivity contribution in [2.75, 3.05) is 42.4 Å². The summed E-state index contributed by atoms with van der Waals surface area (Å²) in [6.45, 7) is 7.30. The Morgan fingerprint density at radius 2 is 1.50 bits per heavy atom. The second-order valence-electron chi connectivity index (χ2n) is 7.81. The van der Waals surface area contributed by atoms with Crippen molar-refractivity contribution in [2.45, 2.75) is 18.4 Å². The van der Waals surface area contributed by atoms with Crippen LogP contribution in [0.2, 0.25) is 0 Å². The van der Waals surface area contributed by atoms with Gasteiger partial charge in [0, 0.05) is 44.1 Å². The molecule has 0 amide bonds. The first-order valence-corrected chi connectivity index (χ1v) is 12.4. The second-order valence-corrected chi connectivity index (χ2v) is 9.49. The molecule has 1 saturated heterocycles. The third-order valence-corrected chi connectivity index (χ3v) is 6.95. The highest BCUT2D eigenvalue weighted by molar-refractivity contribution is 7.92. The number of ether oxygens (including phenoxy) is 1. The van der Waals surface area contributed by atoms with Crippen LogP contribution in [0.15, 0.2) is 83.8 Å². The molecule has 0 radical (unpaired) electrons. The predicted molar refractivity (Wildman–Crippen MR) is 129 cm³/mol. The average Bonchev–Trinajstić information content (AvgIpc) is 2.82. The summed E-state index contributed by atoms with van der Waals surface area (Å²) in [6.07, 6.45) is 0. The monoisotopic (exact) mass is 451 g/mol. The van der Waals surface area contributed by atoms with Crippen LogP contribution in [0.4, 0.5) is 11.4 Å². The Morgan fingerprint density at radius 3 is 2.12 bits per heavy atom. The fourth-order valence-corrected chi connectivity index (χ4v) is 4.89. The Kier molecular flexibility index (Phi) is 6.97. The minimum atomic E-state index is -3.64. The van der Waals surface area contributed by atoms with Crippen molar-refractivity contribution in [2.24, 2.45) is 0 Å². The van der Waals surface area contributed by atoms with Crippen LogP contribution >= 0.6 is 0 Å². The molecule has 6 nitrogen and oxygen atoms in total. The van der Waals surface area contributed by atoms with E-state index < -0.39 is 10.0 Å². The quantitative estimate of drug-likeness (QED) is 0.556. The fraction of sp³-hybridized carbons (Fsp3) is 0.280. The lowest BCUT2D eigenvalue weighted by atomic mass is 10.1. The predicted octanol–water partition coefficient (Wildman–Crippen LogP) is 4.21. The number of piperazine rings is 1. The van der Waals surface area contributed by atoms with Gasteiger partial charge in [0.15, 0.2) is 0 Å². The number of hydrogen-bond acceptors (Lipinski definition) is 5. The van der Waals surface area contributed by atoms with E-state index in [2.05, 4.69) is 38.8 Å². The fourth-order valence-electron chi connectivity index (χ4n) is 3.84. The molecule has 0 aromatic heterocycles. The van der Waals surface area contributed by atoms with E-state index >= 15 is 0 Å². The molecular weight excluding hydrogens is 422 g/mol. The molecule has 1 heterocycles. The van der Waals surface area contributed by atoms with Crippen molar-refractivity contribution in [3.05, 3.63) is 84.4 Å². The first-order chi connectivity index (χ1) is 15.5. The van der Waals surface area contributed by atoms with E-state index in [1.807, 2.05) is 37.3 Å². The lowest BCUT2D eigenvalue weighted by Gasteiger charge is -2.36. The molecule has 4 rings (SSSR count). The number of rotatable bonds is 8. The van der Waals surface area contributed by atoms with Gasteiger partial charge in [-0.1, -0.05) is 30.3 Å². The molecule has 1 aliphatic heterocycles. The summed E-state index contributed by atoms with van der Waals surface area (Å²) in [5.41, 5.74) is 3.00. The van der Waals surface area contributed by atoms with Gasteiger partial charge in [0.05, 0.1) is 11.5 Å².